The molecule has 0 fully saturated rings. The summed E-state index contributed by atoms with van der Waals surface area (Å²) in [5.41, 5.74) is 1.76. The zero-order chi connectivity index (χ0) is 14.2. The molecule has 21 heavy (non-hydrogen) atoms. The Hall–Kier alpha value is -2.50. The number of ether oxygens (including phenoxy) is 2. The van der Waals surface area contributed by atoms with Gasteiger partial charge < -0.3 is 14.8 Å². The van der Waals surface area contributed by atoms with Crippen molar-refractivity contribution >= 4 is 5.91 Å². The highest BCUT2D eigenvalue weighted by Gasteiger charge is 2.22. The van der Waals surface area contributed by atoms with E-state index in [1.165, 1.54) is 0 Å². The summed E-state index contributed by atoms with van der Waals surface area (Å²) in [4.78, 5) is 12.3. The van der Waals surface area contributed by atoms with Crippen LogP contribution in [-0.4, -0.2) is 28.5 Å². The fourth-order valence-corrected chi connectivity index (χ4v) is 2.80. The van der Waals surface area contributed by atoms with E-state index in [4.69, 9.17) is 9.47 Å². The summed E-state index contributed by atoms with van der Waals surface area (Å²) in [6.07, 6.45) is 3.51. The molecule has 3 heterocycles. The lowest BCUT2D eigenvalue weighted by molar-refractivity contribution is 0.0929. The average molecular weight is 285 g/mol. The molecule has 2 aromatic rings. The topological polar surface area (TPSA) is 65.4 Å². The minimum Gasteiger partial charge on any atom is -0.454 e. The first-order chi connectivity index (χ1) is 10.3. The van der Waals surface area contributed by atoms with E-state index in [1.807, 2.05) is 10.7 Å². The molecule has 1 N–H and O–H groups in total. The Kier molecular flexibility index (Phi) is 2.80. The molecule has 1 aromatic carbocycles. The van der Waals surface area contributed by atoms with Crippen molar-refractivity contribution in [1.29, 1.82) is 0 Å². The highest BCUT2D eigenvalue weighted by Crippen LogP contribution is 2.32. The monoisotopic (exact) mass is 285 g/mol. The maximum absolute atomic E-state index is 12.3. The van der Waals surface area contributed by atoms with Gasteiger partial charge in [0.05, 0.1) is 0 Å². The summed E-state index contributed by atoms with van der Waals surface area (Å²) < 4.78 is 12.5. The van der Waals surface area contributed by atoms with Gasteiger partial charge in [0.25, 0.3) is 5.91 Å². The molecule has 0 saturated carbocycles. The molecule has 108 valence electrons. The fraction of sp³-hybridized carbons (Fsp3) is 0.333. The van der Waals surface area contributed by atoms with Gasteiger partial charge in [0.1, 0.15) is 0 Å². The molecule has 0 radical (unpaired) electrons. The minimum atomic E-state index is -0.0775. The van der Waals surface area contributed by atoms with E-state index in [9.17, 15) is 4.79 Å². The molecular formula is C15H15N3O3. The second kappa shape index (κ2) is 4.80. The second-order valence-electron chi connectivity index (χ2n) is 5.28. The molecule has 0 aliphatic carbocycles. The third kappa shape index (κ3) is 2.22. The molecule has 1 unspecified atom stereocenters. The number of hydrogen-bond acceptors (Lipinski definition) is 4. The molecule has 0 bridgehead atoms. The van der Waals surface area contributed by atoms with Crippen molar-refractivity contribution in [3.63, 3.8) is 0 Å². The maximum atomic E-state index is 12.3. The van der Waals surface area contributed by atoms with Gasteiger partial charge in [-0.15, -0.1) is 0 Å². The van der Waals surface area contributed by atoms with Crippen LogP contribution in [0.1, 0.15) is 22.5 Å². The van der Waals surface area contributed by atoms with Crippen LogP contribution in [0.2, 0.25) is 0 Å². The lowest BCUT2D eigenvalue weighted by atomic mass is 10.0. The van der Waals surface area contributed by atoms with E-state index in [2.05, 4.69) is 10.4 Å². The molecule has 2 aliphatic heterocycles. The summed E-state index contributed by atoms with van der Waals surface area (Å²) in [5, 5.41) is 7.32. The third-order valence-corrected chi connectivity index (χ3v) is 3.92. The van der Waals surface area contributed by atoms with Gasteiger partial charge in [-0.3, -0.25) is 9.48 Å². The van der Waals surface area contributed by atoms with Gasteiger partial charge in [0.15, 0.2) is 11.5 Å². The molecule has 1 amide bonds. The van der Waals surface area contributed by atoms with Crippen molar-refractivity contribution in [2.45, 2.75) is 25.4 Å². The predicted octanol–water partition coefficient (Wildman–Crippen LogP) is 1.36. The number of aryl methyl sites for hydroxylation is 1. The Bertz CT molecular complexity index is 695. The summed E-state index contributed by atoms with van der Waals surface area (Å²) >= 11 is 0. The lowest BCUT2D eigenvalue weighted by Gasteiger charge is -2.24. The van der Waals surface area contributed by atoms with Gasteiger partial charge in [-0.1, -0.05) is 0 Å². The van der Waals surface area contributed by atoms with Crippen molar-refractivity contribution in [1.82, 2.24) is 15.1 Å². The molecule has 0 saturated heterocycles. The Morgan fingerprint density at radius 3 is 3.14 bits per heavy atom. The van der Waals surface area contributed by atoms with Gasteiger partial charge in [-0.05, 0) is 30.7 Å². The SMILES string of the molecule is O=C(NC1CCn2nccc2C1)c1ccc2c(c1)OCO2. The third-order valence-electron chi connectivity index (χ3n) is 3.92. The van der Waals surface area contributed by atoms with E-state index >= 15 is 0 Å². The van der Waals surface area contributed by atoms with Crippen molar-refractivity contribution in [2.24, 2.45) is 0 Å². The number of rotatable bonds is 2. The Labute approximate surface area is 121 Å². The van der Waals surface area contributed by atoms with E-state index in [0.717, 1.165) is 25.1 Å². The van der Waals surface area contributed by atoms with Crippen molar-refractivity contribution < 1.29 is 14.3 Å². The van der Waals surface area contributed by atoms with Gasteiger partial charge in [-0.2, -0.15) is 5.10 Å². The molecule has 0 spiro atoms. The standard InChI is InChI=1S/C15H15N3O3/c19-15(10-1-2-13-14(7-10)21-9-20-13)17-11-4-6-18-12(8-11)3-5-16-18/h1-3,5,7,11H,4,6,8-9H2,(H,17,19). The van der Waals surface area contributed by atoms with E-state index in [1.54, 1.807) is 24.4 Å². The molecule has 4 rings (SSSR count). The van der Waals surface area contributed by atoms with E-state index in [-0.39, 0.29) is 18.7 Å². The summed E-state index contributed by atoms with van der Waals surface area (Å²) in [5.74, 6) is 1.24. The van der Waals surface area contributed by atoms with Crippen LogP contribution in [0.4, 0.5) is 0 Å². The van der Waals surface area contributed by atoms with Crippen molar-refractivity contribution in [3.05, 3.63) is 41.7 Å². The van der Waals surface area contributed by atoms with Crippen LogP contribution in [0.5, 0.6) is 11.5 Å². The van der Waals surface area contributed by atoms with Crippen LogP contribution in [0.15, 0.2) is 30.5 Å². The Balaban J connectivity index is 1.47. The predicted molar refractivity (Wildman–Crippen MR) is 74.4 cm³/mol. The normalized spacial score (nSPS) is 19.1. The summed E-state index contributed by atoms with van der Waals surface area (Å²) in [6.45, 7) is 1.06. The number of aromatic nitrogens is 2. The maximum Gasteiger partial charge on any atom is 0.251 e. The van der Waals surface area contributed by atoms with E-state index < -0.39 is 0 Å². The first kappa shape index (κ1) is 12.3. The van der Waals surface area contributed by atoms with Crippen LogP contribution < -0.4 is 14.8 Å². The zero-order valence-electron chi connectivity index (χ0n) is 11.4. The molecule has 2 aliphatic rings. The van der Waals surface area contributed by atoms with Crippen LogP contribution >= 0.6 is 0 Å². The quantitative estimate of drug-likeness (QED) is 0.904. The summed E-state index contributed by atoms with van der Waals surface area (Å²) in [6, 6.07) is 7.40. The van der Waals surface area contributed by atoms with Gasteiger partial charge >= 0.3 is 0 Å². The highest BCUT2D eigenvalue weighted by molar-refractivity contribution is 5.95. The second-order valence-corrected chi connectivity index (χ2v) is 5.28. The number of carbonyl (C=O) groups excluding carboxylic acids is 1. The largest absolute Gasteiger partial charge is 0.454 e. The lowest BCUT2D eigenvalue weighted by Crippen LogP contribution is -2.40. The zero-order valence-corrected chi connectivity index (χ0v) is 11.4. The van der Waals surface area contributed by atoms with E-state index in [0.29, 0.717) is 17.1 Å². The number of hydrogen-bond donors (Lipinski definition) is 1. The first-order valence-electron chi connectivity index (χ1n) is 7.01. The van der Waals surface area contributed by atoms with Crippen LogP contribution in [-0.2, 0) is 13.0 Å². The Morgan fingerprint density at radius 2 is 2.19 bits per heavy atom. The number of nitrogens with one attached hydrogen (secondary N) is 1. The fourth-order valence-electron chi connectivity index (χ4n) is 2.80. The smallest absolute Gasteiger partial charge is 0.251 e. The van der Waals surface area contributed by atoms with Crippen LogP contribution in [0, 0.1) is 0 Å². The minimum absolute atomic E-state index is 0.0775. The number of fused-ring (bicyclic) bond motifs is 2. The van der Waals surface area contributed by atoms with Gasteiger partial charge in [-0.25, -0.2) is 0 Å². The molecule has 6 nitrogen and oxygen atoms in total. The number of amides is 1. The molecule has 1 aromatic heterocycles. The van der Waals surface area contributed by atoms with Crippen molar-refractivity contribution in [3.8, 4) is 11.5 Å². The van der Waals surface area contributed by atoms with Crippen LogP contribution in [0.25, 0.3) is 0 Å². The average Bonchev–Trinajstić information content (AvgIpc) is 3.14. The van der Waals surface area contributed by atoms with Crippen molar-refractivity contribution in [2.75, 3.05) is 6.79 Å². The molecular weight excluding hydrogens is 270 g/mol. The van der Waals surface area contributed by atoms with Gasteiger partial charge in [0.2, 0.25) is 6.79 Å². The van der Waals surface area contributed by atoms with Gasteiger partial charge in [0, 0.05) is 36.5 Å². The number of nitrogens with zero attached hydrogens (tertiary/aromatic N) is 2. The molecule has 6 heteroatoms. The highest BCUT2D eigenvalue weighted by atomic mass is 16.7. The summed E-state index contributed by atoms with van der Waals surface area (Å²) in [7, 11) is 0. The molecule has 1 atom stereocenters. The Morgan fingerprint density at radius 1 is 1.29 bits per heavy atom. The number of carbonyl (C=O) groups is 1. The number of benzene rings is 1. The first-order valence-corrected chi connectivity index (χ1v) is 7.01. The van der Waals surface area contributed by atoms with Crippen LogP contribution in [0.3, 0.4) is 0 Å².